The predicted octanol–water partition coefficient (Wildman–Crippen LogP) is 1.41. The first-order valence-electron chi connectivity index (χ1n) is 13.5. The zero-order valence-corrected chi connectivity index (χ0v) is 23.5. The highest BCUT2D eigenvalue weighted by Crippen LogP contribution is 2.35. The molecule has 12 heteroatoms. The molecule has 3 rings (SSSR count). The lowest BCUT2D eigenvalue weighted by Gasteiger charge is -2.44. The van der Waals surface area contributed by atoms with Gasteiger partial charge in [0.1, 0.15) is 47.8 Å². The van der Waals surface area contributed by atoms with Crippen LogP contribution in [-0.4, -0.2) is 93.8 Å². The molecule has 1 saturated carbocycles. The Balaban J connectivity index is 1.60. The molecule has 0 unspecified atom stereocenters. The van der Waals surface area contributed by atoms with E-state index in [-0.39, 0.29) is 35.5 Å². The smallest absolute Gasteiger partial charge is 0.341 e. The molecule has 9 atom stereocenters. The number of benzene rings is 1. The minimum Gasteiger partial charge on any atom is -0.507 e. The van der Waals surface area contributed by atoms with Gasteiger partial charge in [-0.2, -0.15) is 0 Å². The van der Waals surface area contributed by atoms with Crippen molar-refractivity contribution in [2.75, 3.05) is 25.2 Å². The number of ether oxygens (including phenoxy) is 3. The summed E-state index contributed by atoms with van der Waals surface area (Å²) in [4.78, 5) is 25.4. The summed E-state index contributed by atoms with van der Waals surface area (Å²) in [5, 5.41) is 44.8. The van der Waals surface area contributed by atoms with Crippen LogP contribution in [0.2, 0.25) is 0 Å². The summed E-state index contributed by atoms with van der Waals surface area (Å²) < 4.78 is 16.7. The van der Waals surface area contributed by atoms with E-state index in [1.54, 1.807) is 6.92 Å². The Morgan fingerprint density at radius 1 is 1.21 bits per heavy atom. The molecular weight excluding hydrogens is 528 g/mol. The molecule has 0 spiro atoms. The normalized spacial score (nSPS) is 30.5. The third-order valence-electron chi connectivity index (χ3n) is 7.60. The molecule has 0 radical (unpaired) electrons. The highest BCUT2D eigenvalue weighted by atomic mass is 32.2. The first kappa shape index (κ1) is 31.4. The molecule has 2 fully saturated rings. The number of phenolic OH excluding ortho intramolecular Hbond substituents is 1. The van der Waals surface area contributed by atoms with Gasteiger partial charge >= 0.3 is 5.97 Å². The van der Waals surface area contributed by atoms with Gasteiger partial charge in [0.15, 0.2) is 0 Å². The number of esters is 1. The molecule has 1 aliphatic carbocycles. The van der Waals surface area contributed by atoms with Crippen LogP contribution < -0.4 is 11.1 Å². The minimum absolute atomic E-state index is 0.0304. The van der Waals surface area contributed by atoms with Crippen molar-refractivity contribution in [3.63, 3.8) is 0 Å². The number of nitrogen functional groups attached to an aromatic ring is 1. The summed E-state index contributed by atoms with van der Waals surface area (Å²) in [6.07, 6.45) is -1.24. The first-order valence-corrected chi connectivity index (χ1v) is 14.5. The van der Waals surface area contributed by atoms with Gasteiger partial charge in [-0.15, -0.1) is 11.8 Å². The van der Waals surface area contributed by atoms with Gasteiger partial charge in [-0.1, -0.05) is 19.8 Å². The fourth-order valence-electron chi connectivity index (χ4n) is 5.28. The van der Waals surface area contributed by atoms with Gasteiger partial charge in [-0.3, -0.25) is 4.79 Å². The maximum atomic E-state index is 13.1. The molecule has 7 N–H and O–H groups in total. The van der Waals surface area contributed by atoms with Crippen molar-refractivity contribution in [2.24, 2.45) is 11.8 Å². The third-order valence-corrected chi connectivity index (χ3v) is 8.72. The van der Waals surface area contributed by atoms with Crippen LogP contribution in [0.5, 0.6) is 5.75 Å². The number of aromatic hydroxyl groups is 1. The molecule has 220 valence electrons. The van der Waals surface area contributed by atoms with Crippen LogP contribution in [0.1, 0.15) is 56.3 Å². The highest BCUT2D eigenvalue weighted by Gasteiger charge is 2.49. The van der Waals surface area contributed by atoms with E-state index in [0.717, 1.165) is 43.9 Å². The van der Waals surface area contributed by atoms with Crippen LogP contribution in [-0.2, 0) is 19.0 Å². The molecule has 1 aromatic rings. The summed E-state index contributed by atoms with van der Waals surface area (Å²) in [6.45, 7) is 3.80. The van der Waals surface area contributed by atoms with Crippen molar-refractivity contribution in [3.8, 4) is 5.75 Å². The van der Waals surface area contributed by atoms with E-state index in [1.165, 1.54) is 25.3 Å². The molecule has 1 aliphatic heterocycles. The average molecular weight is 571 g/mol. The van der Waals surface area contributed by atoms with Crippen LogP contribution in [0.15, 0.2) is 18.2 Å². The van der Waals surface area contributed by atoms with Crippen molar-refractivity contribution in [1.82, 2.24) is 5.32 Å². The van der Waals surface area contributed by atoms with E-state index in [4.69, 9.17) is 19.9 Å². The summed E-state index contributed by atoms with van der Waals surface area (Å²) in [7, 11) is 1.48. The number of amides is 1. The van der Waals surface area contributed by atoms with E-state index in [0.29, 0.717) is 11.6 Å². The van der Waals surface area contributed by atoms with Crippen molar-refractivity contribution in [3.05, 3.63) is 23.8 Å². The standard InChI is InChI=1S/C27H42N2O9S/c1-4-5-15-6-7-16(12-15)25(34)29-20(14(2)36-3)24-22(32)21(31)23(33)27(38-24)39-11-10-37-26(35)18-9-8-17(28)13-19(18)30/h8-9,13-16,20-24,27,30-33H,4-7,10-12,28H2,1-3H3,(H,29,34)/t14-,15+,16+,20-,21+,22-,23-,24-,27-/m1/s1. The lowest BCUT2D eigenvalue weighted by atomic mass is 9.91. The second kappa shape index (κ2) is 14.5. The molecular formula is C27H42N2O9S. The third kappa shape index (κ3) is 7.99. The fourth-order valence-corrected chi connectivity index (χ4v) is 6.26. The number of aliphatic hydroxyl groups is 3. The van der Waals surface area contributed by atoms with Gasteiger partial charge in [0.25, 0.3) is 0 Å². The van der Waals surface area contributed by atoms with Crippen LogP contribution in [0.4, 0.5) is 5.69 Å². The largest absolute Gasteiger partial charge is 0.507 e. The van der Waals surface area contributed by atoms with Crippen molar-refractivity contribution in [2.45, 2.75) is 87.9 Å². The molecule has 39 heavy (non-hydrogen) atoms. The number of rotatable bonds is 12. The average Bonchev–Trinajstić information content (AvgIpc) is 3.38. The number of hydrogen-bond donors (Lipinski definition) is 6. The quantitative estimate of drug-likeness (QED) is 0.121. The molecule has 2 aliphatic rings. The number of methoxy groups -OCH3 is 1. The number of hydrogen-bond acceptors (Lipinski definition) is 11. The lowest BCUT2D eigenvalue weighted by Crippen LogP contribution is -2.65. The number of carbonyl (C=O) groups is 2. The van der Waals surface area contributed by atoms with Crippen molar-refractivity contribution >= 4 is 29.3 Å². The predicted molar refractivity (Wildman–Crippen MR) is 146 cm³/mol. The zero-order valence-electron chi connectivity index (χ0n) is 22.7. The fraction of sp³-hybridized carbons (Fsp3) is 0.704. The number of carbonyl (C=O) groups excluding carboxylic acids is 2. The van der Waals surface area contributed by atoms with Gasteiger partial charge in [-0.05, 0) is 44.2 Å². The highest BCUT2D eigenvalue weighted by molar-refractivity contribution is 7.99. The Morgan fingerprint density at radius 3 is 2.62 bits per heavy atom. The molecule has 1 heterocycles. The molecule has 0 aromatic heterocycles. The Hall–Kier alpha value is -2.09. The van der Waals surface area contributed by atoms with Crippen LogP contribution in [0.3, 0.4) is 0 Å². The maximum Gasteiger partial charge on any atom is 0.341 e. The second-order valence-electron chi connectivity index (χ2n) is 10.4. The molecule has 1 saturated heterocycles. The van der Waals surface area contributed by atoms with E-state index in [2.05, 4.69) is 12.2 Å². The van der Waals surface area contributed by atoms with Crippen LogP contribution in [0.25, 0.3) is 0 Å². The van der Waals surface area contributed by atoms with E-state index in [1.807, 2.05) is 0 Å². The molecule has 1 amide bonds. The number of anilines is 1. The van der Waals surface area contributed by atoms with Crippen molar-refractivity contribution in [1.29, 1.82) is 0 Å². The molecule has 11 nitrogen and oxygen atoms in total. The van der Waals surface area contributed by atoms with Gasteiger partial charge in [0, 0.05) is 30.5 Å². The van der Waals surface area contributed by atoms with Crippen LogP contribution in [0, 0.1) is 11.8 Å². The lowest BCUT2D eigenvalue weighted by molar-refractivity contribution is -0.212. The van der Waals surface area contributed by atoms with Gasteiger partial charge in [-0.25, -0.2) is 4.79 Å². The number of thioether (sulfide) groups is 1. The summed E-state index contributed by atoms with van der Waals surface area (Å²) in [5.41, 5.74) is 4.88. The monoisotopic (exact) mass is 570 g/mol. The first-order chi connectivity index (χ1) is 18.6. The topological polar surface area (TPSA) is 181 Å². The maximum absolute atomic E-state index is 13.1. The van der Waals surface area contributed by atoms with E-state index in [9.17, 15) is 30.0 Å². The molecule has 1 aromatic carbocycles. The number of aliphatic hydroxyl groups excluding tert-OH is 3. The number of nitrogens with one attached hydrogen (secondary N) is 1. The Kier molecular flexibility index (Phi) is 11.7. The Labute approximate surface area is 233 Å². The van der Waals surface area contributed by atoms with Crippen LogP contribution >= 0.6 is 11.8 Å². The minimum atomic E-state index is -1.53. The zero-order chi connectivity index (χ0) is 28.7. The molecule has 0 bridgehead atoms. The van der Waals surface area contributed by atoms with Gasteiger partial charge < -0.3 is 45.7 Å². The van der Waals surface area contributed by atoms with E-state index >= 15 is 0 Å². The Bertz CT molecular complexity index is 967. The van der Waals surface area contributed by atoms with E-state index < -0.39 is 48.0 Å². The summed E-state index contributed by atoms with van der Waals surface area (Å²) in [5.74, 6) is -0.591. The second-order valence-corrected chi connectivity index (χ2v) is 11.6. The van der Waals surface area contributed by atoms with Gasteiger partial charge in [0.05, 0.1) is 12.1 Å². The SMILES string of the molecule is CCC[C@H]1CC[C@H](C(=O)N[C@@H]([C@H]2O[C@H](SCCOC(=O)c3ccc(N)cc3O)[C@H](O)[C@@H](O)[C@H]2O)[C@@H](C)OC)C1. The summed E-state index contributed by atoms with van der Waals surface area (Å²) in [6, 6.07) is 3.30. The van der Waals surface area contributed by atoms with Gasteiger partial charge in [0.2, 0.25) is 5.91 Å². The summed E-state index contributed by atoms with van der Waals surface area (Å²) >= 11 is 1.09. The van der Waals surface area contributed by atoms with Crippen molar-refractivity contribution < 1.29 is 44.2 Å². The Morgan fingerprint density at radius 2 is 1.95 bits per heavy atom. The number of nitrogens with two attached hydrogens (primary N) is 1. The number of phenols is 1.